The number of phenols is 2. The van der Waals surface area contributed by atoms with Crippen LogP contribution in [0.1, 0.15) is 62.8 Å². The predicted molar refractivity (Wildman–Crippen MR) is 220 cm³/mol. The first-order valence-electron chi connectivity index (χ1n) is 16.2. The number of hydrogen-bond donors (Lipinski definition) is 4. The molecule has 2 heterocycles. The summed E-state index contributed by atoms with van der Waals surface area (Å²) in [5, 5.41) is 37.3. The van der Waals surface area contributed by atoms with E-state index in [9.17, 15) is 9.50 Å². The molecule has 0 aromatic heterocycles. The second-order valence-electron chi connectivity index (χ2n) is 13.9. The molecule has 0 spiro atoms. The van der Waals surface area contributed by atoms with Crippen molar-refractivity contribution < 1.29 is 48.0 Å². The van der Waals surface area contributed by atoms with Crippen molar-refractivity contribution in [2.24, 2.45) is 0 Å². The average Bonchev–Trinajstić information content (AvgIpc) is 3.41. The number of phenolic OH excluding ortho intramolecular Hbond substituents is 2. The molecule has 9 nitrogen and oxygen atoms in total. The van der Waals surface area contributed by atoms with E-state index in [-0.39, 0.29) is 51.8 Å². The quantitative estimate of drug-likeness (QED) is 0.149. The van der Waals surface area contributed by atoms with Gasteiger partial charge in [-0.1, -0.05) is 60.4 Å². The van der Waals surface area contributed by atoms with E-state index >= 15 is 0 Å². The molecular weight excluding hydrogens is 826 g/mol. The largest absolute Gasteiger partial charge is 0.508 e. The Kier molecular flexibility index (Phi) is 17.3. The van der Waals surface area contributed by atoms with Crippen molar-refractivity contribution >= 4 is 83.6 Å². The average molecular weight is 871 g/mol. The highest BCUT2D eigenvalue weighted by molar-refractivity contribution is 9.10. The molecule has 4 aromatic carbocycles. The Morgan fingerprint density at radius 2 is 1.20 bits per heavy atom. The molecule has 2 aliphatic heterocycles. The number of benzene rings is 4. The minimum Gasteiger partial charge on any atom is -0.508 e. The Hall–Kier alpha value is -2.49. The van der Waals surface area contributed by atoms with Gasteiger partial charge in [0, 0.05) is 31.5 Å². The normalized spacial score (nSPS) is 16.8. The lowest BCUT2D eigenvalue weighted by molar-refractivity contribution is 0.00578. The first-order chi connectivity index (χ1) is 24.4. The fourth-order valence-electron chi connectivity index (χ4n) is 4.16. The SMILES string of the molecule is C.CC1(C)OB(c2ccc(O)cc2Cl)OC1(C)C.CC1(C)O[B]OC1(C)C.OB(O)c1ccc(Oc2cccc(F)c2)cc1Cl.Oc1ccc(Br)c(Cl)c1. The zero-order chi connectivity index (χ0) is 39.9. The molecule has 1 radical (unpaired) electrons. The first kappa shape index (κ1) is 47.7. The molecule has 54 heavy (non-hydrogen) atoms. The zero-order valence-corrected chi connectivity index (χ0v) is 34.3. The van der Waals surface area contributed by atoms with E-state index in [1.807, 2.05) is 55.4 Å². The molecule has 0 unspecified atom stereocenters. The third kappa shape index (κ3) is 13.0. The van der Waals surface area contributed by atoms with Gasteiger partial charge in [-0.2, -0.15) is 0 Å². The number of ether oxygens (including phenoxy) is 1. The molecule has 291 valence electrons. The fraction of sp³-hybridized carbons (Fsp3) is 0.351. The van der Waals surface area contributed by atoms with Gasteiger partial charge in [-0.05, 0) is 126 Å². The van der Waals surface area contributed by atoms with E-state index < -0.39 is 20.1 Å². The Morgan fingerprint density at radius 3 is 1.63 bits per heavy atom. The molecular formula is C37H45B3BrCl3FO9. The summed E-state index contributed by atoms with van der Waals surface area (Å²) in [6, 6.07) is 19.6. The molecule has 4 aromatic rings. The van der Waals surface area contributed by atoms with Crippen molar-refractivity contribution in [1.82, 2.24) is 0 Å². The summed E-state index contributed by atoms with van der Waals surface area (Å²) >= 11 is 20.7. The van der Waals surface area contributed by atoms with E-state index in [0.29, 0.717) is 21.5 Å². The molecule has 0 bridgehead atoms. The van der Waals surface area contributed by atoms with Gasteiger partial charge in [0.1, 0.15) is 28.8 Å². The van der Waals surface area contributed by atoms with Gasteiger partial charge in [0.05, 0.1) is 27.4 Å². The van der Waals surface area contributed by atoms with Crippen LogP contribution in [-0.4, -0.2) is 64.6 Å². The molecule has 4 N–H and O–H groups in total. The van der Waals surface area contributed by atoms with Crippen LogP contribution in [0.15, 0.2) is 83.3 Å². The molecule has 0 saturated carbocycles. The summed E-state index contributed by atoms with van der Waals surface area (Å²) in [7, 11) is -0.714. The molecule has 0 amide bonds. The van der Waals surface area contributed by atoms with Crippen LogP contribution in [0, 0.1) is 5.82 Å². The third-order valence-corrected chi connectivity index (χ3v) is 10.7. The van der Waals surface area contributed by atoms with Crippen LogP contribution in [0.2, 0.25) is 15.1 Å². The lowest BCUT2D eigenvalue weighted by Crippen LogP contribution is -2.41. The van der Waals surface area contributed by atoms with E-state index in [0.717, 1.165) is 9.94 Å². The van der Waals surface area contributed by atoms with Crippen LogP contribution in [0.25, 0.3) is 0 Å². The standard InChI is InChI=1S/C12H9BClFO3.C12H16BClO3.C6H12BO2.C6H4BrClO.CH4/c14-12-7-10(4-5-11(12)13(16)17)18-9-3-1-2-8(15)6-9;1-11(2)12(3,4)17-13(16-11)9-6-5-8(15)7-10(9)14;1-5(2)6(3,4)9-7-8-5;7-5-2-1-4(9)3-6(5)8;/h1-7,16-17H;5-7,15H,1-4H3;1-4H3;1-3,9H;1H4. The Labute approximate surface area is 342 Å². The summed E-state index contributed by atoms with van der Waals surface area (Å²) in [6.07, 6.45) is 0. The van der Waals surface area contributed by atoms with Crippen LogP contribution >= 0.6 is 50.7 Å². The van der Waals surface area contributed by atoms with Gasteiger partial charge in [0.25, 0.3) is 0 Å². The zero-order valence-electron chi connectivity index (χ0n) is 30.5. The second-order valence-corrected chi connectivity index (χ2v) is 15.9. The van der Waals surface area contributed by atoms with E-state index in [2.05, 4.69) is 15.9 Å². The van der Waals surface area contributed by atoms with Crippen LogP contribution in [-0.2, 0) is 18.6 Å². The lowest BCUT2D eigenvalue weighted by Gasteiger charge is -2.32. The summed E-state index contributed by atoms with van der Waals surface area (Å²) in [5.41, 5.74) is -0.232. The highest BCUT2D eigenvalue weighted by Gasteiger charge is 2.52. The van der Waals surface area contributed by atoms with Gasteiger partial charge in [0.15, 0.2) is 0 Å². The van der Waals surface area contributed by atoms with Gasteiger partial charge >= 0.3 is 21.9 Å². The Balaban J connectivity index is 0.000000259. The molecule has 6 rings (SSSR count). The second kappa shape index (κ2) is 19.6. The molecule has 17 heteroatoms. The number of aromatic hydroxyl groups is 2. The molecule has 2 fully saturated rings. The fourth-order valence-corrected chi connectivity index (χ4v) is 5.11. The maximum absolute atomic E-state index is 12.9. The minimum atomic E-state index is -1.64. The monoisotopic (exact) mass is 869 g/mol. The summed E-state index contributed by atoms with van der Waals surface area (Å²) in [5.74, 6) is 0.637. The van der Waals surface area contributed by atoms with E-state index in [1.165, 1.54) is 56.2 Å². The third-order valence-electron chi connectivity index (χ3n) is 8.81. The summed E-state index contributed by atoms with van der Waals surface area (Å²) < 4.78 is 41.3. The van der Waals surface area contributed by atoms with E-state index in [4.69, 9.17) is 73.3 Å². The van der Waals surface area contributed by atoms with Gasteiger partial charge in [-0.15, -0.1) is 0 Å². The first-order valence-corrected chi connectivity index (χ1v) is 18.1. The highest BCUT2D eigenvalue weighted by Crippen LogP contribution is 2.37. The molecule has 2 aliphatic rings. The van der Waals surface area contributed by atoms with Crippen molar-refractivity contribution in [2.45, 2.75) is 85.2 Å². The summed E-state index contributed by atoms with van der Waals surface area (Å²) in [4.78, 5) is 0. The summed E-state index contributed by atoms with van der Waals surface area (Å²) in [6.45, 7) is 16.0. The maximum Gasteiger partial charge on any atom is 0.496 e. The van der Waals surface area contributed by atoms with Gasteiger partial charge in [-0.3, -0.25) is 0 Å². The predicted octanol–water partition coefficient (Wildman–Crippen LogP) is 8.86. The topological polar surface area (TPSA) is 127 Å². The number of rotatable bonds is 4. The minimum absolute atomic E-state index is 0. The van der Waals surface area contributed by atoms with Crippen LogP contribution in [0.3, 0.4) is 0 Å². The smallest absolute Gasteiger partial charge is 0.496 e. The van der Waals surface area contributed by atoms with Crippen LogP contribution in [0.5, 0.6) is 23.0 Å². The van der Waals surface area contributed by atoms with Crippen molar-refractivity contribution in [2.75, 3.05) is 0 Å². The Morgan fingerprint density at radius 1 is 0.685 bits per heavy atom. The molecule has 0 atom stereocenters. The molecule has 0 aliphatic carbocycles. The van der Waals surface area contributed by atoms with Crippen molar-refractivity contribution in [3.8, 4) is 23.0 Å². The molecule has 2 saturated heterocycles. The van der Waals surface area contributed by atoms with Gasteiger partial charge in [-0.25, -0.2) is 4.39 Å². The number of halogens is 5. The highest BCUT2D eigenvalue weighted by atomic mass is 79.9. The van der Waals surface area contributed by atoms with Crippen LogP contribution < -0.4 is 15.7 Å². The maximum atomic E-state index is 12.9. The van der Waals surface area contributed by atoms with Crippen molar-refractivity contribution in [3.05, 3.63) is 104 Å². The Bertz CT molecular complexity index is 1820. The van der Waals surface area contributed by atoms with Crippen molar-refractivity contribution in [1.29, 1.82) is 0 Å². The van der Waals surface area contributed by atoms with E-state index in [1.54, 1.807) is 30.3 Å². The number of hydrogen-bond acceptors (Lipinski definition) is 9. The van der Waals surface area contributed by atoms with Crippen molar-refractivity contribution in [3.63, 3.8) is 0 Å². The van der Waals surface area contributed by atoms with Gasteiger partial charge in [0.2, 0.25) is 0 Å². The lowest BCUT2D eigenvalue weighted by atomic mass is 9.79. The van der Waals surface area contributed by atoms with Crippen LogP contribution in [0.4, 0.5) is 4.39 Å². The van der Waals surface area contributed by atoms with Gasteiger partial charge < -0.3 is 43.6 Å².